The lowest BCUT2D eigenvalue weighted by molar-refractivity contribution is 0.563. The Morgan fingerprint density at radius 2 is 1.94 bits per heavy atom. The quantitative estimate of drug-likeness (QED) is 0.899. The van der Waals surface area contributed by atoms with Crippen LogP contribution in [0.2, 0.25) is 0 Å². The van der Waals surface area contributed by atoms with Crippen LogP contribution in [0.15, 0.2) is 30.3 Å². The molecule has 0 saturated heterocycles. The summed E-state index contributed by atoms with van der Waals surface area (Å²) in [7, 11) is 0. The summed E-state index contributed by atoms with van der Waals surface area (Å²) in [4.78, 5) is 0. The molecule has 5 nitrogen and oxygen atoms in total. The second kappa shape index (κ2) is 6.32. The Labute approximate surface area is 107 Å². The Bertz CT molecular complexity index is 440. The number of nitrogens with zero attached hydrogens (tertiary/aromatic N) is 4. The number of para-hydroxylation sites is 1. The molecule has 1 aromatic carbocycles. The molecule has 0 aliphatic carbocycles. The molecule has 0 amide bonds. The normalized spacial score (nSPS) is 10.3. The van der Waals surface area contributed by atoms with Gasteiger partial charge in [0.25, 0.3) is 0 Å². The van der Waals surface area contributed by atoms with Crippen molar-refractivity contribution >= 4 is 12.4 Å². The third-order valence-electron chi connectivity index (χ3n) is 2.20. The summed E-state index contributed by atoms with van der Waals surface area (Å²) in [6.07, 6.45) is 0. The van der Waals surface area contributed by atoms with E-state index in [1.165, 1.54) is 0 Å². The van der Waals surface area contributed by atoms with E-state index in [1.54, 1.807) is 4.68 Å². The number of aromatic nitrogens is 4. The van der Waals surface area contributed by atoms with Crippen LogP contribution in [0.1, 0.15) is 19.7 Å². The van der Waals surface area contributed by atoms with Crippen LogP contribution in [0.4, 0.5) is 0 Å². The van der Waals surface area contributed by atoms with E-state index < -0.39 is 0 Å². The second-order valence-electron chi connectivity index (χ2n) is 3.88. The fourth-order valence-corrected chi connectivity index (χ4v) is 1.38. The number of benzene rings is 1. The number of tetrazole rings is 1. The van der Waals surface area contributed by atoms with Gasteiger partial charge in [-0.05, 0) is 22.6 Å². The monoisotopic (exact) mass is 253 g/mol. The molecular formula is C11H16ClN5. The van der Waals surface area contributed by atoms with E-state index in [-0.39, 0.29) is 12.4 Å². The summed E-state index contributed by atoms with van der Waals surface area (Å²) in [5, 5.41) is 15.0. The zero-order chi connectivity index (χ0) is 11.4. The molecule has 6 heteroatoms. The summed E-state index contributed by atoms with van der Waals surface area (Å²) < 4.78 is 1.75. The van der Waals surface area contributed by atoms with Gasteiger partial charge < -0.3 is 5.32 Å². The summed E-state index contributed by atoms with van der Waals surface area (Å²) in [6.45, 7) is 4.85. The number of nitrogens with one attached hydrogen (secondary N) is 1. The van der Waals surface area contributed by atoms with Crippen molar-refractivity contribution < 1.29 is 0 Å². The molecule has 2 rings (SSSR count). The van der Waals surface area contributed by atoms with Crippen molar-refractivity contribution in [3.05, 3.63) is 36.2 Å². The van der Waals surface area contributed by atoms with Gasteiger partial charge in [0.15, 0.2) is 5.82 Å². The van der Waals surface area contributed by atoms with E-state index in [0.29, 0.717) is 12.6 Å². The molecule has 0 unspecified atom stereocenters. The van der Waals surface area contributed by atoms with E-state index in [2.05, 4.69) is 34.7 Å². The molecule has 0 aliphatic heterocycles. The van der Waals surface area contributed by atoms with Gasteiger partial charge in [-0.2, -0.15) is 4.68 Å². The molecule has 0 atom stereocenters. The van der Waals surface area contributed by atoms with E-state index in [0.717, 1.165) is 11.5 Å². The minimum atomic E-state index is 0. The van der Waals surface area contributed by atoms with Gasteiger partial charge in [-0.15, -0.1) is 17.5 Å². The average molecular weight is 254 g/mol. The van der Waals surface area contributed by atoms with Gasteiger partial charge in [0.1, 0.15) is 0 Å². The SMILES string of the molecule is CC(C)NCc1nnnn1-c1ccccc1.Cl. The molecule has 1 N–H and O–H groups in total. The fourth-order valence-electron chi connectivity index (χ4n) is 1.38. The zero-order valence-corrected chi connectivity index (χ0v) is 10.7. The third-order valence-corrected chi connectivity index (χ3v) is 2.20. The Kier molecular flexibility index (Phi) is 5.06. The highest BCUT2D eigenvalue weighted by Gasteiger charge is 2.07. The lowest BCUT2D eigenvalue weighted by Crippen LogP contribution is -2.24. The van der Waals surface area contributed by atoms with E-state index in [1.807, 2.05) is 30.3 Å². The molecule has 17 heavy (non-hydrogen) atoms. The van der Waals surface area contributed by atoms with Gasteiger partial charge in [0.2, 0.25) is 0 Å². The number of hydrogen-bond acceptors (Lipinski definition) is 4. The highest BCUT2D eigenvalue weighted by molar-refractivity contribution is 5.85. The average Bonchev–Trinajstić information content (AvgIpc) is 2.75. The minimum absolute atomic E-state index is 0. The molecule has 1 aromatic heterocycles. The summed E-state index contributed by atoms with van der Waals surface area (Å²) in [5.74, 6) is 0.819. The lowest BCUT2D eigenvalue weighted by Gasteiger charge is -2.07. The van der Waals surface area contributed by atoms with Crippen molar-refractivity contribution in [3.8, 4) is 5.69 Å². The van der Waals surface area contributed by atoms with Crippen LogP contribution in [0.5, 0.6) is 0 Å². The van der Waals surface area contributed by atoms with Gasteiger partial charge in [-0.1, -0.05) is 32.0 Å². The molecule has 92 valence electrons. The van der Waals surface area contributed by atoms with Gasteiger partial charge >= 0.3 is 0 Å². The van der Waals surface area contributed by atoms with Crippen LogP contribution in [0.3, 0.4) is 0 Å². The van der Waals surface area contributed by atoms with E-state index >= 15 is 0 Å². The molecule has 0 radical (unpaired) electrons. The molecule has 0 saturated carbocycles. The molecule has 0 bridgehead atoms. The molecule has 1 heterocycles. The van der Waals surface area contributed by atoms with Crippen LogP contribution in [0, 0.1) is 0 Å². The number of hydrogen-bond donors (Lipinski definition) is 1. The summed E-state index contributed by atoms with van der Waals surface area (Å²) >= 11 is 0. The first-order valence-electron chi connectivity index (χ1n) is 5.33. The van der Waals surface area contributed by atoms with Gasteiger partial charge in [-0.25, -0.2) is 0 Å². The Morgan fingerprint density at radius 1 is 1.24 bits per heavy atom. The smallest absolute Gasteiger partial charge is 0.170 e. The zero-order valence-electron chi connectivity index (χ0n) is 9.87. The maximum absolute atomic E-state index is 4.00. The lowest BCUT2D eigenvalue weighted by atomic mass is 10.3. The fraction of sp³-hybridized carbons (Fsp3) is 0.364. The molecule has 2 aromatic rings. The first-order chi connectivity index (χ1) is 7.77. The van der Waals surface area contributed by atoms with Crippen molar-refractivity contribution in [1.82, 2.24) is 25.5 Å². The van der Waals surface area contributed by atoms with Crippen LogP contribution in [-0.4, -0.2) is 26.2 Å². The topological polar surface area (TPSA) is 55.6 Å². The predicted octanol–water partition coefficient (Wildman–Crippen LogP) is 1.58. The maximum atomic E-state index is 4.00. The van der Waals surface area contributed by atoms with Gasteiger partial charge in [0, 0.05) is 6.04 Å². The predicted molar refractivity (Wildman–Crippen MR) is 68.4 cm³/mol. The van der Waals surface area contributed by atoms with Crippen LogP contribution in [0.25, 0.3) is 5.69 Å². The second-order valence-corrected chi connectivity index (χ2v) is 3.88. The first kappa shape index (κ1) is 13.6. The molecule has 0 fully saturated rings. The first-order valence-corrected chi connectivity index (χ1v) is 5.33. The van der Waals surface area contributed by atoms with Gasteiger partial charge in [-0.3, -0.25) is 0 Å². The van der Waals surface area contributed by atoms with Crippen LogP contribution in [-0.2, 0) is 6.54 Å². The van der Waals surface area contributed by atoms with Crippen molar-refractivity contribution in [2.45, 2.75) is 26.4 Å². The maximum Gasteiger partial charge on any atom is 0.170 e. The third kappa shape index (κ3) is 3.51. The highest BCUT2D eigenvalue weighted by Crippen LogP contribution is 2.06. The van der Waals surface area contributed by atoms with Crippen molar-refractivity contribution in [1.29, 1.82) is 0 Å². The molecule has 0 spiro atoms. The van der Waals surface area contributed by atoms with E-state index in [4.69, 9.17) is 0 Å². The standard InChI is InChI=1S/C11H15N5.ClH/c1-9(2)12-8-11-13-14-15-16(11)10-6-4-3-5-7-10;/h3-7,9,12H,8H2,1-2H3;1H. The van der Waals surface area contributed by atoms with Crippen LogP contribution < -0.4 is 5.32 Å². The van der Waals surface area contributed by atoms with Crippen LogP contribution >= 0.6 is 12.4 Å². The Hall–Kier alpha value is -1.46. The molecular weight excluding hydrogens is 238 g/mol. The Morgan fingerprint density at radius 3 is 2.59 bits per heavy atom. The van der Waals surface area contributed by atoms with E-state index in [9.17, 15) is 0 Å². The highest BCUT2D eigenvalue weighted by atomic mass is 35.5. The van der Waals surface area contributed by atoms with Crippen molar-refractivity contribution in [2.24, 2.45) is 0 Å². The number of halogens is 1. The number of rotatable bonds is 4. The van der Waals surface area contributed by atoms with Crippen molar-refractivity contribution in [3.63, 3.8) is 0 Å². The summed E-state index contributed by atoms with van der Waals surface area (Å²) in [5.41, 5.74) is 0.980. The minimum Gasteiger partial charge on any atom is -0.308 e. The molecule has 0 aliphatic rings. The largest absolute Gasteiger partial charge is 0.308 e. The Balaban J connectivity index is 0.00000144. The van der Waals surface area contributed by atoms with Crippen molar-refractivity contribution in [2.75, 3.05) is 0 Å². The summed E-state index contributed by atoms with van der Waals surface area (Å²) in [6, 6.07) is 10.3. The van der Waals surface area contributed by atoms with Gasteiger partial charge in [0.05, 0.1) is 12.2 Å².